The monoisotopic (exact) mass is 1340 g/mol. The van der Waals surface area contributed by atoms with Crippen molar-refractivity contribution in [3.05, 3.63) is 297 Å². The summed E-state index contributed by atoms with van der Waals surface area (Å²) in [6, 6.07) is 28.5. The van der Waals surface area contributed by atoms with E-state index >= 15 is 0 Å². The highest BCUT2D eigenvalue weighted by atomic mass is 127. The van der Waals surface area contributed by atoms with Gasteiger partial charge in [-0.1, -0.05) is 54.6 Å². The van der Waals surface area contributed by atoms with Crippen LogP contribution >= 0.6 is 22.6 Å². The number of nitrogens with zero attached hydrogens (tertiary/aromatic N) is 3. The van der Waals surface area contributed by atoms with E-state index in [2.05, 4.69) is 46.4 Å². The fourth-order valence-electron chi connectivity index (χ4n) is 8.60. The highest BCUT2D eigenvalue weighted by Crippen LogP contribution is 2.26. The Morgan fingerprint density at radius 2 is 0.955 bits per heavy atom. The highest BCUT2D eigenvalue weighted by molar-refractivity contribution is 14.1. The predicted octanol–water partition coefficient (Wildman–Crippen LogP) is 11.6. The summed E-state index contributed by atoms with van der Waals surface area (Å²) in [4.78, 5) is 94.4. The van der Waals surface area contributed by atoms with Crippen LogP contribution in [0.3, 0.4) is 0 Å². The molecule has 0 fully saturated rings. The first-order valence-electron chi connectivity index (χ1n) is 27.0. The number of hydrogen-bond acceptors (Lipinski definition) is 9. The zero-order chi connectivity index (χ0) is 64.9. The third-order valence-electron chi connectivity index (χ3n) is 13.0. The Kier molecular flexibility index (Phi) is 25.1. The van der Waals surface area contributed by atoms with E-state index in [0.29, 0.717) is 43.4 Å². The number of ketones is 2. The molecule has 2 aliphatic heterocycles. The Balaban J connectivity index is 0.000000196. The van der Waals surface area contributed by atoms with Crippen LogP contribution in [-0.2, 0) is 42.1 Å². The summed E-state index contributed by atoms with van der Waals surface area (Å²) in [6.45, 7) is 7.31. The second-order valence-corrected chi connectivity index (χ2v) is 20.8. The molecule has 15 nitrogen and oxygen atoms in total. The van der Waals surface area contributed by atoms with Crippen molar-refractivity contribution in [1.29, 1.82) is 0 Å². The number of Topliss-reactive ketones (excluding diaryl/α,β-unsaturated/α-hetero) is 2. The summed E-state index contributed by atoms with van der Waals surface area (Å²) in [7, 11) is 0. The molecule has 0 aliphatic carbocycles. The summed E-state index contributed by atoms with van der Waals surface area (Å²) in [6.07, 6.45) is 13.3. The number of nitrogens with two attached hydrogens (primary N) is 1. The van der Waals surface area contributed by atoms with E-state index in [1.807, 2.05) is 48.6 Å². The number of fused-ring (bicyclic) bond motifs is 2. The Bertz CT molecular complexity index is 4180. The molecule has 460 valence electrons. The van der Waals surface area contributed by atoms with E-state index in [1.165, 1.54) is 65.6 Å². The number of aromatic nitrogens is 3. The molecule has 0 atom stereocenters. The maximum absolute atomic E-state index is 13.4. The second kappa shape index (κ2) is 32.7. The fraction of sp³-hybridized carbons (Fsp3) is 0.152. The molecule has 5 heterocycles. The molecular formula is C66H56F7IN6O9. The molecule has 89 heavy (non-hydrogen) atoms. The molecule has 0 saturated carbocycles. The van der Waals surface area contributed by atoms with Crippen molar-refractivity contribution in [3.63, 3.8) is 0 Å². The van der Waals surface area contributed by atoms with Crippen LogP contribution in [-0.4, -0.2) is 54.7 Å². The minimum atomic E-state index is -1.58. The first-order chi connectivity index (χ1) is 42.5. The molecule has 3 aromatic heterocycles. The van der Waals surface area contributed by atoms with Gasteiger partial charge in [0, 0.05) is 52.9 Å². The molecule has 0 bridgehead atoms. The molecule has 23 heteroatoms. The van der Waals surface area contributed by atoms with Gasteiger partial charge in [0.1, 0.15) is 5.56 Å². The van der Waals surface area contributed by atoms with Gasteiger partial charge in [0.05, 0.1) is 43.6 Å². The molecule has 0 radical (unpaired) electrons. The van der Waals surface area contributed by atoms with Crippen molar-refractivity contribution in [3.8, 4) is 0 Å². The lowest BCUT2D eigenvalue weighted by Crippen LogP contribution is -2.26. The van der Waals surface area contributed by atoms with Gasteiger partial charge in [-0.3, -0.25) is 33.6 Å². The van der Waals surface area contributed by atoms with Gasteiger partial charge in [0.25, 0.3) is 16.7 Å². The number of carboxylic acid groups (broad SMARTS) is 1. The number of benzene rings is 5. The first-order valence-corrected chi connectivity index (χ1v) is 28.1. The van der Waals surface area contributed by atoms with E-state index in [-0.39, 0.29) is 78.1 Å². The van der Waals surface area contributed by atoms with Crippen molar-refractivity contribution in [1.82, 2.24) is 13.7 Å². The van der Waals surface area contributed by atoms with E-state index in [0.717, 1.165) is 77.2 Å². The van der Waals surface area contributed by atoms with Crippen LogP contribution in [0.4, 0.5) is 42.1 Å². The van der Waals surface area contributed by atoms with Crippen LogP contribution < -0.4 is 33.0 Å². The van der Waals surface area contributed by atoms with Gasteiger partial charge in [0.2, 0.25) is 11.8 Å². The predicted molar refractivity (Wildman–Crippen MR) is 331 cm³/mol. The van der Waals surface area contributed by atoms with E-state index < -0.39 is 63.4 Å². The molecule has 8 aromatic rings. The lowest BCUT2D eigenvalue weighted by atomic mass is 10.1. The van der Waals surface area contributed by atoms with Gasteiger partial charge in [-0.05, 0) is 160 Å². The molecule has 0 spiro atoms. The van der Waals surface area contributed by atoms with Crippen LogP contribution in [0.5, 0.6) is 0 Å². The third kappa shape index (κ3) is 19.6. The zero-order valence-corrected chi connectivity index (χ0v) is 49.4. The summed E-state index contributed by atoms with van der Waals surface area (Å²) in [5.74, 6) is -10.1. The van der Waals surface area contributed by atoms with E-state index in [4.69, 9.17) is 10.8 Å². The molecule has 0 unspecified atom stereocenters. The standard InChI is InChI=1S/C25H19F3N2O3.C17H15F2NO2.C13H9F2NO3.C8H6INO.C3H7N/c26-19-10-16(11-20(27)24(19)28)14-30-9-3-5-18(25(30)33)22(31)6-2-1-4-15-7-8-17-13-23(32)29-21(17)12-15;1-2-3-6-16(21)13-5-4-9-20(17(13)22)11-12-7-8-14(18)15(19)10-12;14-10-4-3-8(6-11(10)15)7-16-5-1-2-9(12(16)17)13(18)19;9-6-2-1-5-3-8(11)10-7(5)4-6;1-2-3-4/h1,3-5,7-12H,2,6,13-14H2,(H,29,32);2,4-5,7-10H,1,3,6,11H2;1-6H,7H2,(H,18,19);1-2,4H,3H2,(H,10,11);2H,1,3-4H2/b4-1+;;;;. The fourth-order valence-corrected chi connectivity index (χ4v) is 9.09. The van der Waals surface area contributed by atoms with E-state index in [1.54, 1.807) is 18.2 Å². The molecule has 2 aliphatic rings. The second-order valence-electron chi connectivity index (χ2n) is 19.5. The number of amides is 2. The Hall–Kier alpha value is -9.88. The normalized spacial score (nSPS) is 11.6. The maximum atomic E-state index is 13.4. The lowest BCUT2D eigenvalue weighted by molar-refractivity contribution is -0.115. The molecule has 5 N–H and O–H groups in total. The van der Waals surface area contributed by atoms with E-state index in [9.17, 15) is 69.1 Å². The van der Waals surface area contributed by atoms with Crippen LogP contribution in [0.2, 0.25) is 0 Å². The van der Waals surface area contributed by atoms with Gasteiger partial charge >= 0.3 is 5.97 Å². The SMILES string of the molecule is C=CCCC(=O)c1cccn(Cc2ccc(F)c(F)c2)c1=O.C=CCN.O=C(O)c1cccn(Cc2ccc(F)c(F)c2)c1=O.O=C1Cc2ccc(/C=C/CCC(=O)c3cccn(Cc4cc(F)c(F)c(F)c4)c3=O)cc2N1.O=C1Cc2ccc(I)cc2N1. The number of pyridine rings is 3. The number of carbonyl (C=O) groups is 5. The highest BCUT2D eigenvalue weighted by Gasteiger charge is 2.20. The number of halogens is 8. The minimum Gasteiger partial charge on any atom is -0.477 e. The molecule has 0 saturated heterocycles. The summed E-state index contributed by atoms with van der Waals surface area (Å²) >= 11 is 2.23. The molecule has 5 aromatic carbocycles. The average molecular weight is 1340 g/mol. The summed E-state index contributed by atoms with van der Waals surface area (Å²) in [5, 5.41) is 14.4. The van der Waals surface area contributed by atoms with Gasteiger partial charge in [0.15, 0.2) is 52.3 Å². The van der Waals surface area contributed by atoms with Crippen LogP contribution in [0.25, 0.3) is 6.08 Å². The van der Waals surface area contributed by atoms with Crippen LogP contribution in [0.15, 0.2) is 186 Å². The van der Waals surface area contributed by atoms with Crippen molar-refractivity contribution < 1.29 is 59.8 Å². The van der Waals surface area contributed by atoms with Crippen molar-refractivity contribution in [2.75, 3.05) is 17.2 Å². The number of anilines is 2. The first kappa shape index (κ1) is 68.2. The van der Waals surface area contributed by atoms with Gasteiger partial charge in [-0.25, -0.2) is 35.5 Å². The number of hydrogen-bond donors (Lipinski definition) is 4. The van der Waals surface area contributed by atoms with Crippen molar-refractivity contribution in [2.24, 2.45) is 5.73 Å². The summed E-state index contributed by atoms with van der Waals surface area (Å²) < 4.78 is 96.7. The molecule has 10 rings (SSSR count). The maximum Gasteiger partial charge on any atom is 0.341 e. The van der Waals surface area contributed by atoms with Gasteiger partial charge in [-0.2, -0.15) is 0 Å². The largest absolute Gasteiger partial charge is 0.477 e. The van der Waals surface area contributed by atoms with Crippen LogP contribution in [0.1, 0.15) is 90.1 Å². The summed E-state index contributed by atoms with van der Waals surface area (Å²) in [5.41, 5.74) is 8.42. The smallest absolute Gasteiger partial charge is 0.341 e. The topological polar surface area (TPSA) is 222 Å². The average Bonchev–Trinajstić information content (AvgIpc) is 2.62. The number of nitrogens with one attached hydrogen (secondary N) is 2. The number of rotatable bonds is 17. The molecule has 2 amide bonds. The van der Waals surface area contributed by atoms with Gasteiger partial charge < -0.3 is 35.2 Å². The number of allylic oxidation sites excluding steroid dienone is 2. The number of carboxylic acids is 1. The number of aromatic carboxylic acids is 1. The minimum absolute atomic E-state index is 0.0306. The third-order valence-corrected chi connectivity index (χ3v) is 13.7. The Morgan fingerprint density at radius 1 is 0.528 bits per heavy atom. The quantitative estimate of drug-likeness (QED) is 0.0222. The Morgan fingerprint density at radius 3 is 1.42 bits per heavy atom. The number of carbonyl (C=O) groups excluding carboxylic acids is 4. The van der Waals surface area contributed by atoms with Crippen LogP contribution in [0, 0.1) is 44.3 Å². The molecular weight excluding hydrogens is 1280 g/mol. The van der Waals surface area contributed by atoms with Gasteiger partial charge in [-0.15, -0.1) is 13.2 Å². The van der Waals surface area contributed by atoms with Crippen molar-refractivity contribution >= 4 is 69.4 Å². The lowest BCUT2D eigenvalue weighted by Gasteiger charge is -2.08. The Labute approximate surface area is 518 Å². The zero-order valence-electron chi connectivity index (χ0n) is 47.2. The van der Waals surface area contributed by atoms with Crippen molar-refractivity contribution in [2.45, 2.75) is 58.2 Å².